The number of carbonyl (C=O) groups excluding carboxylic acids is 3. The number of nitrogens with one attached hydrogen (secondary N) is 3. The van der Waals surface area contributed by atoms with Crippen molar-refractivity contribution >= 4 is 57.8 Å². The molecular weight excluding hydrogens is 512 g/mol. The third-order valence-corrected chi connectivity index (χ3v) is 7.58. The topological polar surface area (TPSA) is 212 Å². The van der Waals surface area contributed by atoms with Gasteiger partial charge < -0.3 is 32.0 Å². The molecule has 0 radical (unpaired) electrons. The lowest BCUT2D eigenvalue weighted by atomic mass is 10.0. The van der Waals surface area contributed by atoms with Crippen LogP contribution in [0.3, 0.4) is 0 Å². The van der Waals surface area contributed by atoms with Crippen molar-refractivity contribution in [1.29, 1.82) is 0 Å². The lowest BCUT2D eigenvalue weighted by molar-refractivity contribution is -0.150. The molecule has 5 rings (SSSR count). The number of thioether (sulfide) groups is 1. The normalized spacial score (nSPS) is 24.6. The predicted octanol–water partition coefficient (Wildman–Crippen LogP) is -1.15. The zero-order valence-corrected chi connectivity index (χ0v) is 20.5. The fourth-order valence-electron chi connectivity index (χ4n) is 4.00. The van der Waals surface area contributed by atoms with Gasteiger partial charge in [-0.3, -0.25) is 19.3 Å². The number of allylic oxidation sites excluding steroid dienone is 1. The van der Waals surface area contributed by atoms with Crippen molar-refractivity contribution in [3.8, 4) is 0 Å². The van der Waals surface area contributed by atoms with Gasteiger partial charge in [-0.05, 0) is 44.0 Å². The van der Waals surface area contributed by atoms with Crippen LogP contribution in [0, 0.1) is 0 Å². The van der Waals surface area contributed by atoms with Crippen LogP contribution < -0.4 is 21.7 Å². The van der Waals surface area contributed by atoms with E-state index in [1.165, 1.54) is 43.8 Å². The second kappa shape index (κ2) is 11.0. The monoisotopic (exact) mass is 536 g/mol. The molecule has 16 heteroatoms. The summed E-state index contributed by atoms with van der Waals surface area (Å²) >= 11 is 2.04. The molecule has 3 amide bonds. The fourth-order valence-corrected chi connectivity index (χ4v) is 5.74. The molecule has 3 fully saturated rings. The van der Waals surface area contributed by atoms with E-state index < -0.39 is 34.9 Å². The van der Waals surface area contributed by atoms with Gasteiger partial charge >= 0.3 is 5.97 Å². The molecule has 192 valence electrons. The van der Waals surface area contributed by atoms with Gasteiger partial charge in [-0.2, -0.15) is 9.36 Å². The predicted molar refractivity (Wildman–Crippen MR) is 130 cm³/mol. The van der Waals surface area contributed by atoms with Gasteiger partial charge in [0.1, 0.15) is 17.1 Å². The molecule has 0 aliphatic carbocycles. The van der Waals surface area contributed by atoms with E-state index in [1.807, 2.05) is 0 Å². The number of oxime groups is 1. The summed E-state index contributed by atoms with van der Waals surface area (Å²) in [6.07, 6.45) is 4.75. The van der Waals surface area contributed by atoms with E-state index in [4.69, 9.17) is 10.9 Å². The number of nitrogens with two attached hydrogens (primary N) is 1. The average Bonchev–Trinajstić information content (AvgIpc) is 3.63. The fraction of sp³-hybridized carbons (Fsp3) is 0.450. The summed E-state index contributed by atoms with van der Waals surface area (Å²) in [6, 6.07) is -1.04. The van der Waals surface area contributed by atoms with Crippen LogP contribution in [0.5, 0.6) is 0 Å². The highest BCUT2D eigenvalue weighted by molar-refractivity contribution is 8.00. The zero-order chi connectivity index (χ0) is 25.8. The maximum Gasteiger partial charge on any atom is 0.352 e. The molecule has 3 saturated heterocycles. The van der Waals surface area contributed by atoms with E-state index in [0.717, 1.165) is 16.4 Å². The number of fused-ring (bicyclic) bond motifs is 1. The van der Waals surface area contributed by atoms with Crippen molar-refractivity contribution in [1.82, 2.24) is 30.2 Å². The van der Waals surface area contributed by atoms with Gasteiger partial charge in [0.15, 0.2) is 5.13 Å². The largest absolute Gasteiger partial charge is 0.477 e. The Bertz CT molecular complexity index is 1170. The Balaban J connectivity index is 0.000000543. The minimum absolute atomic E-state index is 0.0616. The number of β-lactam (4-membered cyclic amide) rings is 1. The average molecular weight is 537 g/mol. The van der Waals surface area contributed by atoms with Crippen LogP contribution in [0.15, 0.2) is 28.1 Å². The molecule has 5 heterocycles. The summed E-state index contributed by atoms with van der Waals surface area (Å²) in [7, 11) is 0. The van der Waals surface area contributed by atoms with Crippen molar-refractivity contribution in [3.63, 3.8) is 0 Å². The summed E-state index contributed by atoms with van der Waals surface area (Å²) in [5, 5.41) is 29.4. The van der Waals surface area contributed by atoms with E-state index in [0.29, 0.717) is 24.1 Å². The Kier molecular flexibility index (Phi) is 7.85. The van der Waals surface area contributed by atoms with E-state index >= 15 is 0 Å². The maximum absolute atomic E-state index is 12.7. The highest BCUT2D eigenvalue weighted by Crippen LogP contribution is 2.41. The van der Waals surface area contributed by atoms with Gasteiger partial charge in [0.25, 0.3) is 11.8 Å². The van der Waals surface area contributed by atoms with Crippen LogP contribution in [0.4, 0.5) is 5.13 Å². The number of carboxylic acid groups (broad SMARTS) is 1. The first kappa shape index (κ1) is 25.6. The van der Waals surface area contributed by atoms with E-state index in [9.17, 15) is 24.3 Å². The SMILES string of the molecule is C1CCNC1.Nc1nc(/C(=N\O)C(=O)N[C@@H]2C(=O)N3C(C(=O)O)=C(/C=C4\CCNC4=O)CSC23)ns1. The standard InChI is InChI=1S/C16H15N7O6S2.C4H9N/c17-16-20-10(22-31-16)7(21-29)12(25)19-8-13(26)23-9(15(27)28)6(4-30-14(8)23)3-5-1-2-18-11(5)24;1-2-4-5-3-1/h3,8,14,29H,1-2,4H2,(H,18,24)(H,19,25)(H,27,28)(H2,17,20,22);5H,1-4H2/b5-3+,21-7+;/t8-,14?;/m1./s1. The number of nitrogen functional groups attached to an aromatic ring is 1. The number of rotatable bonds is 5. The lowest BCUT2D eigenvalue weighted by Crippen LogP contribution is -2.71. The molecule has 36 heavy (non-hydrogen) atoms. The van der Waals surface area contributed by atoms with Crippen LogP contribution in [0.1, 0.15) is 25.1 Å². The molecule has 2 atom stereocenters. The van der Waals surface area contributed by atoms with Gasteiger partial charge in [0.2, 0.25) is 17.4 Å². The zero-order valence-electron chi connectivity index (χ0n) is 18.9. The number of hydrogen-bond donors (Lipinski definition) is 6. The smallest absolute Gasteiger partial charge is 0.352 e. The number of carbonyl (C=O) groups is 4. The molecule has 4 aliphatic heterocycles. The number of nitrogens with zero attached hydrogens (tertiary/aromatic N) is 4. The Morgan fingerprint density at radius 3 is 2.53 bits per heavy atom. The Labute approximate surface area is 213 Å². The highest BCUT2D eigenvalue weighted by atomic mass is 32.2. The van der Waals surface area contributed by atoms with Crippen LogP contribution in [-0.4, -0.2) is 90.8 Å². The van der Waals surface area contributed by atoms with E-state index in [-0.39, 0.29) is 28.3 Å². The summed E-state index contributed by atoms with van der Waals surface area (Å²) in [6.45, 7) is 2.97. The maximum atomic E-state index is 12.7. The quantitative estimate of drug-likeness (QED) is 0.0869. The van der Waals surface area contributed by atoms with Gasteiger partial charge in [0, 0.05) is 29.4 Å². The first-order valence-electron chi connectivity index (χ1n) is 11.0. The number of aromatic nitrogens is 2. The van der Waals surface area contributed by atoms with Crippen molar-refractivity contribution in [2.75, 3.05) is 31.1 Å². The van der Waals surface area contributed by atoms with E-state index in [1.54, 1.807) is 0 Å². The number of carboxylic acids is 1. The number of aliphatic carboxylic acids is 1. The van der Waals surface area contributed by atoms with E-state index in [2.05, 4.69) is 30.5 Å². The molecule has 4 aliphatic rings. The molecule has 1 aromatic heterocycles. The van der Waals surface area contributed by atoms with Gasteiger partial charge in [-0.15, -0.1) is 11.8 Å². The molecule has 0 saturated carbocycles. The molecule has 0 aromatic carbocycles. The first-order valence-corrected chi connectivity index (χ1v) is 12.9. The van der Waals surface area contributed by atoms with Crippen LogP contribution >= 0.6 is 23.3 Å². The first-order chi connectivity index (χ1) is 17.3. The van der Waals surface area contributed by atoms with Crippen molar-refractivity contribution < 1.29 is 29.5 Å². The third-order valence-electron chi connectivity index (χ3n) is 5.73. The number of hydrogen-bond acceptors (Lipinski definition) is 12. The summed E-state index contributed by atoms with van der Waals surface area (Å²) in [4.78, 5) is 53.7. The molecule has 14 nitrogen and oxygen atoms in total. The van der Waals surface area contributed by atoms with Crippen molar-refractivity contribution in [2.45, 2.75) is 30.7 Å². The Hall–Kier alpha value is -3.50. The van der Waals surface area contributed by atoms with Crippen LogP contribution in [-0.2, 0) is 19.2 Å². The van der Waals surface area contributed by atoms with Crippen LogP contribution in [0.25, 0.3) is 0 Å². The lowest BCUT2D eigenvalue weighted by Gasteiger charge is -2.49. The summed E-state index contributed by atoms with van der Waals surface area (Å²) in [5.74, 6) is -3.10. The van der Waals surface area contributed by atoms with Gasteiger partial charge in [0.05, 0.1) is 0 Å². The Morgan fingerprint density at radius 1 is 1.25 bits per heavy atom. The van der Waals surface area contributed by atoms with Crippen molar-refractivity contribution in [2.24, 2.45) is 5.16 Å². The second-order valence-electron chi connectivity index (χ2n) is 8.08. The molecule has 7 N–H and O–H groups in total. The summed E-state index contributed by atoms with van der Waals surface area (Å²) < 4.78 is 3.79. The Morgan fingerprint density at radius 2 is 2.00 bits per heavy atom. The molecule has 0 bridgehead atoms. The van der Waals surface area contributed by atoms with Gasteiger partial charge in [-0.1, -0.05) is 5.16 Å². The molecule has 1 aromatic rings. The molecular formula is C20H24N8O6S2. The molecule has 0 spiro atoms. The van der Waals surface area contributed by atoms with Gasteiger partial charge in [-0.25, -0.2) is 4.79 Å². The van der Waals surface area contributed by atoms with Crippen molar-refractivity contribution in [3.05, 3.63) is 28.7 Å². The minimum Gasteiger partial charge on any atom is -0.477 e. The highest BCUT2D eigenvalue weighted by Gasteiger charge is 2.54. The third kappa shape index (κ3) is 5.19. The second-order valence-corrected chi connectivity index (χ2v) is 9.97. The number of anilines is 1. The number of amides is 3. The van der Waals surface area contributed by atoms with Crippen LogP contribution in [0.2, 0.25) is 0 Å². The minimum atomic E-state index is -1.31. The summed E-state index contributed by atoms with van der Waals surface area (Å²) in [5.41, 5.74) is 5.51. The molecule has 1 unspecified atom stereocenters.